The molecule has 0 aliphatic carbocycles. The molecule has 0 N–H and O–H groups in total. The van der Waals surface area contributed by atoms with Gasteiger partial charge in [-0.25, -0.2) is 8.42 Å². The molecule has 0 radical (unpaired) electrons. The molecule has 20 heavy (non-hydrogen) atoms. The lowest BCUT2D eigenvalue weighted by atomic mass is 10.0. The first-order valence-electron chi connectivity index (χ1n) is 6.15. The van der Waals surface area contributed by atoms with Gasteiger partial charge in [-0.1, -0.05) is 29.6 Å². The Morgan fingerprint density at radius 3 is 2.55 bits per heavy atom. The van der Waals surface area contributed by atoms with E-state index >= 15 is 0 Å². The lowest BCUT2D eigenvalue weighted by Crippen LogP contribution is -2.35. The third-order valence-corrected chi connectivity index (χ3v) is 6.16. The summed E-state index contributed by atoms with van der Waals surface area (Å²) in [5.41, 5.74) is 0.132. The van der Waals surface area contributed by atoms with Gasteiger partial charge in [-0.05, 0) is 18.9 Å². The molecule has 7 heteroatoms. The average molecular weight is 337 g/mol. The van der Waals surface area contributed by atoms with E-state index in [0.29, 0.717) is 18.6 Å². The molecule has 1 aromatic rings. The molecule has 0 saturated carbocycles. The highest BCUT2D eigenvalue weighted by Crippen LogP contribution is 2.33. The van der Waals surface area contributed by atoms with Crippen LogP contribution in [0.15, 0.2) is 12.1 Å². The Hall–Kier alpha value is -0.780. The summed E-state index contributed by atoms with van der Waals surface area (Å²) >= 11 is 12.0. The summed E-state index contributed by atoms with van der Waals surface area (Å²) in [7, 11) is -1.96. The quantitative estimate of drug-likeness (QED) is 0.795. The van der Waals surface area contributed by atoms with Gasteiger partial charge in [0.05, 0.1) is 22.9 Å². The van der Waals surface area contributed by atoms with Crippen molar-refractivity contribution in [2.45, 2.75) is 24.5 Å². The van der Waals surface area contributed by atoms with Crippen LogP contribution in [-0.2, 0) is 9.84 Å². The highest BCUT2D eigenvalue weighted by Gasteiger charge is 2.36. The van der Waals surface area contributed by atoms with Crippen molar-refractivity contribution in [1.82, 2.24) is 0 Å². The van der Waals surface area contributed by atoms with Crippen LogP contribution in [0.2, 0.25) is 10.0 Å². The van der Waals surface area contributed by atoms with Gasteiger partial charge >= 0.3 is 0 Å². The van der Waals surface area contributed by atoms with Gasteiger partial charge in [0, 0.05) is 11.6 Å². The molecule has 1 aliphatic rings. The van der Waals surface area contributed by atoms with Gasteiger partial charge in [0.15, 0.2) is 15.6 Å². The van der Waals surface area contributed by atoms with Crippen LogP contribution in [-0.4, -0.2) is 32.3 Å². The Morgan fingerprint density at radius 2 is 1.95 bits per heavy atom. The Kier molecular flexibility index (Phi) is 4.62. The summed E-state index contributed by atoms with van der Waals surface area (Å²) in [5, 5.41) is -0.635. The molecule has 1 aliphatic heterocycles. The van der Waals surface area contributed by atoms with Crippen LogP contribution in [0.1, 0.15) is 29.6 Å². The number of sulfone groups is 1. The summed E-state index contributed by atoms with van der Waals surface area (Å²) in [6, 6.07) is 2.79. The third kappa shape index (κ3) is 2.95. The first kappa shape index (κ1) is 15.6. The Morgan fingerprint density at radius 1 is 1.25 bits per heavy atom. The number of benzene rings is 1. The molecule has 0 aromatic heterocycles. The molecular weight excluding hydrogens is 323 g/mol. The van der Waals surface area contributed by atoms with Crippen LogP contribution >= 0.6 is 23.2 Å². The molecule has 1 saturated heterocycles. The van der Waals surface area contributed by atoms with Gasteiger partial charge in [0.25, 0.3) is 0 Å². The number of hydrogen-bond acceptors (Lipinski definition) is 4. The minimum atomic E-state index is -3.40. The Bertz CT molecular complexity index is 640. The molecular formula is C13H14Cl2O4S. The second-order valence-corrected chi connectivity index (χ2v) is 7.80. The minimum absolute atomic E-state index is 0.0465. The first-order valence-corrected chi connectivity index (χ1v) is 8.63. The summed E-state index contributed by atoms with van der Waals surface area (Å²) < 4.78 is 29.0. The molecule has 1 unspecified atom stereocenters. The second-order valence-electron chi connectivity index (χ2n) is 4.68. The predicted octanol–water partition coefficient (Wildman–Crippen LogP) is 3.15. The van der Waals surface area contributed by atoms with Crippen molar-refractivity contribution in [3.63, 3.8) is 0 Å². The number of Topliss-reactive ketones (excluding diaryl/α,β-unsaturated/α-hetero) is 1. The maximum atomic E-state index is 12.4. The van der Waals surface area contributed by atoms with Gasteiger partial charge in [-0.15, -0.1) is 0 Å². The summed E-state index contributed by atoms with van der Waals surface area (Å²) in [4.78, 5) is 12.4. The highest BCUT2D eigenvalue weighted by atomic mass is 35.5. The van der Waals surface area contributed by atoms with E-state index in [9.17, 15) is 13.2 Å². The van der Waals surface area contributed by atoms with Crippen molar-refractivity contribution in [3.8, 4) is 5.75 Å². The molecule has 110 valence electrons. The topological polar surface area (TPSA) is 60.4 Å². The fourth-order valence-electron chi connectivity index (χ4n) is 2.30. The lowest BCUT2D eigenvalue weighted by molar-refractivity contribution is 0.0981. The Labute approximate surface area is 127 Å². The van der Waals surface area contributed by atoms with Crippen LogP contribution in [0.3, 0.4) is 0 Å². The summed E-state index contributed by atoms with van der Waals surface area (Å²) in [6.07, 6.45) is 1.65. The smallest absolute Gasteiger partial charge is 0.182 e. The third-order valence-electron chi connectivity index (χ3n) is 3.38. The molecule has 4 nitrogen and oxygen atoms in total. The second kappa shape index (κ2) is 5.92. The normalized spacial score (nSPS) is 21.4. The number of methoxy groups -OCH3 is 1. The molecule has 2 rings (SSSR count). The van der Waals surface area contributed by atoms with Crippen molar-refractivity contribution in [1.29, 1.82) is 0 Å². The van der Waals surface area contributed by atoms with Crippen molar-refractivity contribution in [3.05, 3.63) is 27.7 Å². The van der Waals surface area contributed by atoms with E-state index in [1.54, 1.807) is 0 Å². The van der Waals surface area contributed by atoms with Crippen LogP contribution in [0.4, 0.5) is 0 Å². The van der Waals surface area contributed by atoms with Crippen molar-refractivity contribution >= 4 is 38.8 Å². The van der Waals surface area contributed by atoms with E-state index in [-0.39, 0.29) is 21.4 Å². The van der Waals surface area contributed by atoms with E-state index in [4.69, 9.17) is 27.9 Å². The zero-order valence-corrected chi connectivity index (χ0v) is 13.2. The Balaban J connectivity index is 2.41. The predicted molar refractivity (Wildman–Crippen MR) is 78.8 cm³/mol. The van der Waals surface area contributed by atoms with Crippen LogP contribution in [0, 0.1) is 0 Å². The SMILES string of the molecule is COc1cc(Cl)c(C(=O)C2CCCCS2(=O)=O)cc1Cl. The van der Waals surface area contributed by atoms with E-state index < -0.39 is 20.9 Å². The molecule has 0 spiro atoms. The first-order chi connectivity index (χ1) is 9.36. The van der Waals surface area contributed by atoms with E-state index in [1.165, 1.54) is 19.2 Å². The average Bonchev–Trinajstić information content (AvgIpc) is 2.39. The molecule has 0 bridgehead atoms. The zero-order valence-electron chi connectivity index (χ0n) is 10.9. The van der Waals surface area contributed by atoms with Crippen molar-refractivity contribution < 1.29 is 17.9 Å². The maximum absolute atomic E-state index is 12.4. The minimum Gasteiger partial charge on any atom is -0.495 e. The van der Waals surface area contributed by atoms with Crippen molar-refractivity contribution in [2.75, 3.05) is 12.9 Å². The number of carbonyl (C=O) groups is 1. The van der Waals surface area contributed by atoms with Crippen LogP contribution in [0.5, 0.6) is 5.75 Å². The monoisotopic (exact) mass is 336 g/mol. The van der Waals surface area contributed by atoms with E-state index in [0.717, 1.165) is 6.42 Å². The number of carbonyl (C=O) groups excluding carboxylic acids is 1. The van der Waals surface area contributed by atoms with Gasteiger partial charge in [-0.2, -0.15) is 0 Å². The molecule has 1 atom stereocenters. The van der Waals surface area contributed by atoms with E-state index in [1.807, 2.05) is 0 Å². The fourth-order valence-corrected chi connectivity index (χ4v) is 4.65. The number of hydrogen-bond donors (Lipinski definition) is 0. The van der Waals surface area contributed by atoms with Gasteiger partial charge < -0.3 is 4.74 Å². The van der Waals surface area contributed by atoms with E-state index in [2.05, 4.69) is 0 Å². The summed E-state index contributed by atoms with van der Waals surface area (Å²) in [5.74, 6) is -0.0933. The molecule has 0 amide bonds. The van der Waals surface area contributed by atoms with Gasteiger partial charge in [-0.3, -0.25) is 4.79 Å². The number of ether oxygens (including phenoxy) is 1. The lowest BCUT2D eigenvalue weighted by Gasteiger charge is -2.21. The number of halogens is 2. The standard InChI is InChI=1S/C13H14Cl2O4S/c1-19-11-7-9(14)8(6-10(11)15)13(16)12-4-2-3-5-20(12,17)18/h6-7,12H,2-5H2,1H3. The zero-order chi connectivity index (χ0) is 14.9. The molecule has 1 aromatic carbocycles. The fraction of sp³-hybridized carbons (Fsp3) is 0.462. The highest BCUT2D eigenvalue weighted by molar-refractivity contribution is 7.92. The van der Waals surface area contributed by atoms with Gasteiger partial charge in [0.2, 0.25) is 0 Å². The number of rotatable bonds is 3. The molecule has 1 heterocycles. The molecule has 1 fully saturated rings. The number of ketones is 1. The maximum Gasteiger partial charge on any atom is 0.182 e. The largest absolute Gasteiger partial charge is 0.495 e. The van der Waals surface area contributed by atoms with Crippen molar-refractivity contribution in [2.24, 2.45) is 0 Å². The van der Waals surface area contributed by atoms with Gasteiger partial charge in [0.1, 0.15) is 11.0 Å². The van der Waals surface area contributed by atoms with Crippen LogP contribution in [0.25, 0.3) is 0 Å². The summed E-state index contributed by atoms with van der Waals surface area (Å²) in [6.45, 7) is 0. The van der Waals surface area contributed by atoms with Crippen LogP contribution < -0.4 is 4.74 Å².